The van der Waals surface area contributed by atoms with Gasteiger partial charge in [-0.2, -0.15) is 0 Å². The van der Waals surface area contributed by atoms with Crippen molar-refractivity contribution in [1.29, 1.82) is 0 Å². The highest BCUT2D eigenvalue weighted by molar-refractivity contribution is 5.50. The molecule has 2 nitrogen and oxygen atoms in total. The molecule has 0 aromatic heterocycles. The van der Waals surface area contributed by atoms with E-state index in [4.69, 9.17) is 4.74 Å². The first-order valence-electron chi connectivity index (χ1n) is 14.4. The molecule has 2 atom stereocenters. The summed E-state index contributed by atoms with van der Waals surface area (Å²) in [4.78, 5) is 0. The fourth-order valence-electron chi connectivity index (χ4n) is 5.51. The van der Waals surface area contributed by atoms with Crippen LogP contribution in [0, 0.1) is 5.41 Å². The Labute approximate surface area is 205 Å². The van der Waals surface area contributed by atoms with Crippen LogP contribution in [-0.4, -0.2) is 11.7 Å². The van der Waals surface area contributed by atoms with E-state index in [1.807, 2.05) is 0 Å². The van der Waals surface area contributed by atoms with Crippen LogP contribution in [0.2, 0.25) is 0 Å². The largest absolute Gasteiger partial charge is 0.507 e. The fraction of sp³-hybridized carbons (Fsp3) is 0.806. The lowest BCUT2D eigenvalue weighted by atomic mass is 9.72. The SMILES string of the molecule is CCCCOc1cc2c(O)c(c1)C(C)(CC)CCCCCCCCCCCCC(C)(CC)C2. The van der Waals surface area contributed by atoms with Gasteiger partial charge in [-0.05, 0) is 60.6 Å². The topological polar surface area (TPSA) is 29.5 Å². The smallest absolute Gasteiger partial charge is 0.122 e. The highest BCUT2D eigenvalue weighted by atomic mass is 16.5. The third kappa shape index (κ3) is 8.84. The van der Waals surface area contributed by atoms with Gasteiger partial charge in [-0.15, -0.1) is 0 Å². The Kier molecular flexibility index (Phi) is 12.1. The highest BCUT2D eigenvalue weighted by Crippen LogP contribution is 2.45. The first kappa shape index (κ1) is 28.1. The molecule has 1 aromatic carbocycles. The predicted octanol–water partition coefficient (Wildman–Crippen LogP) is 9.89. The number of fused-ring (bicyclic) bond motifs is 2. The van der Waals surface area contributed by atoms with E-state index in [0.29, 0.717) is 5.75 Å². The monoisotopic (exact) mass is 458 g/mol. The molecule has 1 aromatic rings. The molecule has 0 saturated carbocycles. The van der Waals surface area contributed by atoms with E-state index in [0.717, 1.165) is 62.0 Å². The molecular weight excluding hydrogens is 404 g/mol. The quantitative estimate of drug-likeness (QED) is 0.430. The molecule has 0 fully saturated rings. The minimum absolute atomic E-state index is 0.00296. The minimum Gasteiger partial charge on any atom is -0.507 e. The van der Waals surface area contributed by atoms with Crippen LogP contribution < -0.4 is 4.74 Å². The van der Waals surface area contributed by atoms with Crippen molar-refractivity contribution >= 4 is 0 Å². The van der Waals surface area contributed by atoms with Gasteiger partial charge in [0.05, 0.1) is 6.61 Å². The molecule has 0 aliphatic heterocycles. The molecule has 33 heavy (non-hydrogen) atoms. The van der Waals surface area contributed by atoms with E-state index >= 15 is 0 Å². The fourth-order valence-corrected chi connectivity index (χ4v) is 5.51. The van der Waals surface area contributed by atoms with Crippen LogP contribution in [0.1, 0.15) is 148 Å². The third-order valence-electron chi connectivity index (χ3n) is 8.59. The third-order valence-corrected chi connectivity index (χ3v) is 8.59. The summed E-state index contributed by atoms with van der Waals surface area (Å²) in [6.45, 7) is 12.4. The number of aromatic hydroxyl groups is 1. The molecule has 0 saturated heterocycles. The summed E-state index contributed by atoms with van der Waals surface area (Å²) in [7, 11) is 0. The Bertz CT molecular complexity index is 682. The molecule has 190 valence electrons. The summed E-state index contributed by atoms with van der Waals surface area (Å²) < 4.78 is 6.22. The maximum Gasteiger partial charge on any atom is 0.122 e. The summed E-state index contributed by atoms with van der Waals surface area (Å²) in [5.74, 6) is 1.50. The van der Waals surface area contributed by atoms with Crippen molar-refractivity contribution in [2.75, 3.05) is 6.61 Å². The number of hydrogen-bond acceptors (Lipinski definition) is 2. The molecule has 2 unspecified atom stereocenters. The summed E-state index contributed by atoms with van der Waals surface area (Å²) in [5.41, 5.74) is 2.44. The first-order chi connectivity index (χ1) is 15.9. The normalized spacial score (nSPS) is 26.3. The van der Waals surface area contributed by atoms with Crippen LogP contribution in [0.4, 0.5) is 0 Å². The number of rotatable bonds is 6. The van der Waals surface area contributed by atoms with Gasteiger partial charge in [0.25, 0.3) is 0 Å². The minimum atomic E-state index is -0.00296. The molecule has 1 aliphatic carbocycles. The number of ether oxygens (including phenoxy) is 1. The van der Waals surface area contributed by atoms with Gasteiger partial charge in [0.15, 0.2) is 0 Å². The zero-order chi connectivity index (χ0) is 24.2. The Morgan fingerprint density at radius 3 is 1.91 bits per heavy atom. The van der Waals surface area contributed by atoms with Crippen LogP contribution in [0.25, 0.3) is 0 Å². The van der Waals surface area contributed by atoms with Gasteiger partial charge >= 0.3 is 0 Å². The molecular formula is C31H54O2. The number of unbranched alkanes of at least 4 members (excludes halogenated alkanes) is 1. The molecule has 0 radical (unpaired) electrons. The average molecular weight is 459 g/mol. The Hall–Kier alpha value is -1.18. The summed E-state index contributed by atoms with van der Waals surface area (Å²) in [6, 6.07) is 4.32. The van der Waals surface area contributed by atoms with E-state index < -0.39 is 0 Å². The molecule has 1 N–H and O–H groups in total. The molecule has 0 heterocycles. The molecule has 1 aliphatic rings. The van der Waals surface area contributed by atoms with Crippen molar-refractivity contribution in [3.05, 3.63) is 23.3 Å². The van der Waals surface area contributed by atoms with Gasteiger partial charge in [0.1, 0.15) is 11.5 Å². The molecule has 0 amide bonds. The lowest BCUT2D eigenvalue weighted by molar-refractivity contribution is 0.263. The van der Waals surface area contributed by atoms with Gasteiger partial charge in [-0.1, -0.05) is 112 Å². The second kappa shape index (κ2) is 14.3. The van der Waals surface area contributed by atoms with Crippen molar-refractivity contribution < 1.29 is 9.84 Å². The second-order valence-electron chi connectivity index (χ2n) is 11.5. The predicted molar refractivity (Wildman–Crippen MR) is 144 cm³/mol. The van der Waals surface area contributed by atoms with Crippen molar-refractivity contribution in [3.63, 3.8) is 0 Å². The van der Waals surface area contributed by atoms with E-state index in [2.05, 4.69) is 46.8 Å². The molecule has 0 spiro atoms. The number of phenolic OH excluding ortho intramolecular Hbond substituents is 1. The molecule has 2 heteroatoms. The van der Waals surface area contributed by atoms with Crippen LogP contribution in [-0.2, 0) is 11.8 Å². The Balaban J connectivity index is 2.39. The van der Waals surface area contributed by atoms with Crippen LogP contribution in [0.3, 0.4) is 0 Å². The Morgan fingerprint density at radius 1 is 0.788 bits per heavy atom. The molecule has 2 bridgehead atoms. The first-order valence-corrected chi connectivity index (χ1v) is 14.4. The van der Waals surface area contributed by atoms with Crippen LogP contribution in [0.15, 0.2) is 12.1 Å². The van der Waals surface area contributed by atoms with Crippen molar-refractivity contribution in [3.8, 4) is 11.5 Å². The maximum absolute atomic E-state index is 11.6. The van der Waals surface area contributed by atoms with E-state index in [1.165, 1.54) is 70.6 Å². The van der Waals surface area contributed by atoms with Crippen LogP contribution in [0.5, 0.6) is 11.5 Å². The lowest BCUT2D eigenvalue weighted by Gasteiger charge is -2.33. The number of hydrogen-bond donors (Lipinski definition) is 1. The van der Waals surface area contributed by atoms with E-state index in [1.54, 1.807) is 0 Å². The molecule has 2 rings (SSSR count). The van der Waals surface area contributed by atoms with Gasteiger partial charge < -0.3 is 9.84 Å². The van der Waals surface area contributed by atoms with Crippen molar-refractivity contribution in [2.24, 2.45) is 5.41 Å². The van der Waals surface area contributed by atoms with Crippen molar-refractivity contribution in [1.82, 2.24) is 0 Å². The van der Waals surface area contributed by atoms with Gasteiger partial charge in [0.2, 0.25) is 0 Å². The summed E-state index contributed by atoms with van der Waals surface area (Å²) in [5, 5.41) is 11.6. The van der Waals surface area contributed by atoms with Crippen molar-refractivity contribution in [2.45, 2.75) is 149 Å². The highest BCUT2D eigenvalue weighted by Gasteiger charge is 2.31. The number of benzene rings is 1. The Morgan fingerprint density at radius 2 is 1.36 bits per heavy atom. The van der Waals surface area contributed by atoms with Gasteiger partial charge in [-0.25, -0.2) is 0 Å². The zero-order valence-electron chi connectivity index (χ0n) is 22.7. The van der Waals surface area contributed by atoms with E-state index in [9.17, 15) is 5.11 Å². The number of phenols is 1. The van der Waals surface area contributed by atoms with Gasteiger partial charge in [-0.3, -0.25) is 0 Å². The maximum atomic E-state index is 11.6. The average Bonchev–Trinajstić information content (AvgIpc) is 2.81. The summed E-state index contributed by atoms with van der Waals surface area (Å²) in [6.07, 6.45) is 21.3. The standard InChI is InChI=1S/C31H54O2/c1-6-9-22-33-27-23-26-25-30(4,7-2)20-18-16-14-12-10-11-13-15-17-19-21-31(5,8-3)28(24-27)29(26)32/h23-24,32H,6-22,25H2,1-5H3. The lowest BCUT2D eigenvalue weighted by Crippen LogP contribution is -2.23. The van der Waals surface area contributed by atoms with Gasteiger partial charge in [0, 0.05) is 5.56 Å². The zero-order valence-corrected chi connectivity index (χ0v) is 22.7. The second-order valence-corrected chi connectivity index (χ2v) is 11.5. The summed E-state index contributed by atoms with van der Waals surface area (Å²) >= 11 is 0. The van der Waals surface area contributed by atoms with E-state index in [-0.39, 0.29) is 10.8 Å². The van der Waals surface area contributed by atoms with Crippen LogP contribution >= 0.6 is 0 Å².